The molecule has 4 aliphatic heterocycles. The zero-order chi connectivity index (χ0) is 20.5. The minimum Gasteiger partial charge on any atom is -0.294 e. The summed E-state index contributed by atoms with van der Waals surface area (Å²) in [7, 11) is 0. The lowest BCUT2D eigenvalue weighted by molar-refractivity contribution is 0.728. The van der Waals surface area contributed by atoms with Crippen molar-refractivity contribution in [2.45, 2.75) is 105 Å². The molecule has 0 aromatic carbocycles. The molecule has 0 N–H and O–H groups in total. The van der Waals surface area contributed by atoms with E-state index >= 15 is 0 Å². The maximum atomic E-state index is 4.36. The molecule has 0 amide bonds. The number of nitrogens with zero attached hydrogens (tertiary/aromatic N) is 4. The van der Waals surface area contributed by atoms with Crippen molar-refractivity contribution in [1.82, 2.24) is 0 Å². The molecule has 0 saturated carbocycles. The molecule has 0 aromatic rings. The van der Waals surface area contributed by atoms with Crippen molar-refractivity contribution in [1.29, 1.82) is 0 Å². The molecule has 4 heteroatoms. The second-order valence-corrected chi connectivity index (χ2v) is 7.96. The van der Waals surface area contributed by atoms with E-state index in [1.54, 1.807) is 0 Å². The second kappa shape index (κ2) is 16.6. The van der Waals surface area contributed by atoms with Crippen LogP contribution in [0.4, 0.5) is 0 Å². The maximum Gasteiger partial charge on any atom is 0.0392 e. The van der Waals surface area contributed by atoms with Gasteiger partial charge in [0, 0.05) is 49.0 Å². The van der Waals surface area contributed by atoms with Crippen LogP contribution in [0.2, 0.25) is 0 Å². The number of rotatable bonds is 2. The predicted octanol–water partition coefficient (Wildman–Crippen LogP) is 6.52. The molecule has 4 aliphatic rings. The van der Waals surface area contributed by atoms with E-state index < -0.39 is 0 Å². The van der Waals surface area contributed by atoms with Gasteiger partial charge in [0.15, 0.2) is 0 Å². The Morgan fingerprint density at radius 1 is 0.500 bits per heavy atom. The van der Waals surface area contributed by atoms with E-state index in [-0.39, 0.29) is 0 Å². The van der Waals surface area contributed by atoms with Crippen molar-refractivity contribution in [3.63, 3.8) is 0 Å². The third kappa shape index (κ3) is 13.0. The van der Waals surface area contributed by atoms with Crippen LogP contribution in [0.3, 0.4) is 0 Å². The molecule has 0 fully saturated rings. The lowest BCUT2D eigenvalue weighted by Gasteiger charge is -2.08. The molecule has 0 aliphatic carbocycles. The molecule has 28 heavy (non-hydrogen) atoms. The van der Waals surface area contributed by atoms with Crippen molar-refractivity contribution < 1.29 is 0 Å². The van der Waals surface area contributed by atoms with Gasteiger partial charge in [-0.3, -0.25) is 20.0 Å². The highest BCUT2D eigenvalue weighted by Crippen LogP contribution is 2.07. The van der Waals surface area contributed by atoms with E-state index in [0.717, 1.165) is 26.2 Å². The van der Waals surface area contributed by atoms with Gasteiger partial charge in [0.25, 0.3) is 0 Å². The summed E-state index contributed by atoms with van der Waals surface area (Å²) in [5, 5.41) is 0. The minimum absolute atomic E-state index is 1.08. The van der Waals surface area contributed by atoms with E-state index in [4.69, 9.17) is 0 Å². The van der Waals surface area contributed by atoms with Crippen molar-refractivity contribution in [2.24, 2.45) is 20.0 Å². The van der Waals surface area contributed by atoms with E-state index in [1.807, 2.05) is 0 Å². The van der Waals surface area contributed by atoms with E-state index in [9.17, 15) is 0 Å². The molecule has 160 valence electrons. The first-order valence-electron chi connectivity index (χ1n) is 11.7. The lowest BCUT2D eigenvalue weighted by Crippen LogP contribution is -2.03. The topological polar surface area (TPSA) is 49.4 Å². The van der Waals surface area contributed by atoms with Crippen LogP contribution in [-0.2, 0) is 0 Å². The Bertz CT molecular complexity index is 529. The van der Waals surface area contributed by atoms with Gasteiger partial charge in [-0.15, -0.1) is 0 Å². The largest absolute Gasteiger partial charge is 0.294 e. The summed E-state index contributed by atoms with van der Waals surface area (Å²) in [4.78, 5) is 17.0. The van der Waals surface area contributed by atoms with Gasteiger partial charge in [0.2, 0.25) is 0 Å². The van der Waals surface area contributed by atoms with Gasteiger partial charge in [-0.05, 0) is 90.9 Å². The van der Waals surface area contributed by atoms with Crippen molar-refractivity contribution in [3.05, 3.63) is 0 Å². The number of hydrogen-bond acceptors (Lipinski definition) is 4. The zero-order valence-electron chi connectivity index (χ0n) is 19.1. The molecule has 0 saturated heterocycles. The summed E-state index contributed by atoms with van der Waals surface area (Å²) in [6.07, 6.45) is 15.2. The Kier molecular flexibility index (Phi) is 14.7. The first kappa shape index (κ1) is 24.7. The number of aliphatic imine (C=N–C) groups is 4. The van der Waals surface area contributed by atoms with Crippen molar-refractivity contribution >= 4 is 22.8 Å². The standard InChI is InChI=1S/C7H13N.2C6H11N.C5H9N/c1-2-7-5-3-4-6-8-7;1-6-4-2-3-5-7-6;1-2-6-4-3-5-7-6;1-5-3-2-4-6-5/h2-6H2,1H3;2*2-5H2,1H3;2-4H2,1H3. The fourth-order valence-electron chi connectivity index (χ4n) is 3.46. The van der Waals surface area contributed by atoms with Crippen molar-refractivity contribution in [3.8, 4) is 0 Å². The average Bonchev–Trinajstić information content (AvgIpc) is 3.44. The normalized spacial score (nSPS) is 20.7. The Morgan fingerprint density at radius 3 is 1.11 bits per heavy atom. The third-order valence-electron chi connectivity index (χ3n) is 5.39. The van der Waals surface area contributed by atoms with Crippen LogP contribution in [0.1, 0.15) is 105 Å². The summed E-state index contributed by atoms with van der Waals surface area (Å²) >= 11 is 0. The summed E-state index contributed by atoms with van der Waals surface area (Å²) in [6.45, 7) is 12.9. The monoisotopic (exact) mass is 388 g/mol. The molecule has 0 aromatic heterocycles. The quantitative estimate of drug-likeness (QED) is 0.517. The van der Waals surface area contributed by atoms with Crippen LogP contribution in [0.5, 0.6) is 0 Å². The van der Waals surface area contributed by atoms with E-state index in [2.05, 4.69) is 47.7 Å². The highest BCUT2D eigenvalue weighted by Gasteiger charge is 2.01. The molecular formula is C24H44N4. The van der Waals surface area contributed by atoms with Gasteiger partial charge < -0.3 is 0 Å². The SMILES string of the molecule is CC1=NCCC1.CC1=NCCCC1.CCC1=NCCC1.CCC1=NCCCC1. The van der Waals surface area contributed by atoms with Crippen molar-refractivity contribution in [2.75, 3.05) is 26.2 Å². The molecule has 0 radical (unpaired) electrons. The fraction of sp³-hybridized carbons (Fsp3) is 0.833. The summed E-state index contributed by atoms with van der Waals surface area (Å²) in [5.41, 5.74) is 5.51. The molecule has 0 spiro atoms. The molecule has 4 rings (SSSR count). The van der Waals surface area contributed by atoms with Gasteiger partial charge >= 0.3 is 0 Å². The summed E-state index contributed by atoms with van der Waals surface area (Å²) in [5.74, 6) is 0. The Hall–Kier alpha value is -1.32. The zero-order valence-corrected chi connectivity index (χ0v) is 19.1. The Balaban J connectivity index is 0.000000188. The second-order valence-electron chi connectivity index (χ2n) is 7.96. The van der Waals surface area contributed by atoms with Gasteiger partial charge in [0.05, 0.1) is 0 Å². The van der Waals surface area contributed by atoms with Crippen LogP contribution >= 0.6 is 0 Å². The molecule has 4 nitrogen and oxygen atoms in total. The van der Waals surface area contributed by atoms with Crippen LogP contribution in [-0.4, -0.2) is 49.0 Å². The van der Waals surface area contributed by atoms with Gasteiger partial charge in [-0.1, -0.05) is 13.8 Å². The predicted molar refractivity (Wildman–Crippen MR) is 127 cm³/mol. The Labute approximate surface area is 174 Å². The molecule has 0 bridgehead atoms. The Morgan fingerprint density at radius 2 is 0.893 bits per heavy atom. The summed E-state index contributed by atoms with van der Waals surface area (Å²) < 4.78 is 0. The molecule has 4 heterocycles. The third-order valence-corrected chi connectivity index (χ3v) is 5.39. The van der Waals surface area contributed by atoms with Crippen LogP contribution in [0.25, 0.3) is 0 Å². The average molecular weight is 389 g/mol. The maximum absolute atomic E-state index is 4.36. The highest BCUT2D eigenvalue weighted by atomic mass is 14.8. The lowest BCUT2D eigenvalue weighted by atomic mass is 10.1. The smallest absolute Gasteiger partial charge is 0.0392 e. The summed E-state index contributed by atoms with van der Waals surface area (Å²) in [6, 6.07) is 0. The first-order valence-corrected chi connectivity index (χ1v) is 11.7. The van der Waals surface area contributed by atoms with E-state index in [1.165, 1.54) is 99.9 Å². The van der Waals surface area contributed by atoms with Gasteiger partial charge in [0.1, 0.15) is 0 Å². The van der Waals surface area contributed by atoms with Gasteiger partial charge in [-0.2, -0.15) is 0 Å². The minimum atomic E-state index is 1.08. The van der Waals surface area contributed by atoms with Crippen LogP contribution in [0.15, 0.2) is 20.0 Å². The molecular weight excluding hydrogens is 344 g/mol. The van der Waals surface area contributed by atoms with E-state index in [0.29, 0.717) is 0 Å². The fourth-order valence-corrected chi connectivity index (χ4v) is 3.46. The number of hydrogen-bond donors (Lipinski definition) is 0. The van der Waals surface area contributed by atoms with Crippen LogP contribution < -0.4 is 0 Å². The highest BCUT2D eigenvalue weighted by molar-refractivity contribution is 5.85. The first-order chi connectivity index (χ1) is 13.7. The van der Waals surface area contributed by atoms with Gasteiger partial charge in [-0.25, -0.2) is 0 Å². The molecule has 0 atom stereocenters. The molecule has 0 unspecified atom stereocenters. The van der Waals surface area contributed by atoms with Crippen LogP contribution in [0, 0.1) is 0 Å².